The van der Waals surface area contributed by atoms with Gasteiger partial charge in [0.25, 0.3) is 0 Å². The first kappa shape index (κ1) is 18.9. The monoisotopic (exact) mass is 435 g/mol. The SMILES string of the molecule is c1ccc(-c2nc3cc(-n4c5ccccc5c5ccccc54)ccc3n2-c2ccccc2)cc1. The van der Waals surface area contributed by atoms with Gasteiger partial charge in [0.05, 0.1) is 22.1 Å². The summed E-state index contributed by atoms with van der Waals surface area (Å²) in [6.45, 7) is 0. The lowest BCUT2D eigenvalue weighted by molar-refractivity contribution is 1.10. The Morgan fingerprint density at radius 2 is 1.03 bits per heavy atom. The van der Waals surface area contributed by atoms with Crippen LogP contribution in [0, 0.1) is 0 Å². The van der Waals surface area contributed by atoms with Gasteiger partial charge in [-0.3, -0.25) is 4.57 Å². The molecule has 0 unspecified atom stereocenters. The average Bonchev–Trinajstić information content (AvgIpc) is 3.45. The van der Waals surface area contributed by atoms with Crippen LogP contribution in [0.3, 0.4) is 0 Å². The highest BCUT2D eigenvalue weighted by atomic mass is 15.1. The number of benzene rings is 5. The lowest BCUT2D eigenvalue weighted by atomic mass is 10.2. The summed E-state index contributed by atoms with van der Waals surface area (Å²) in [7, 11) is 0. The van der Waals surface area contributed by atoms with Gasteiger partial charge in [-0.2, -0.15) is 0 Å². The molecule has 7 aromatic rings. The van der Waals surface area contributed by atoms with Gasteiger partial charge in [0.15, 0.2) is 0 Å². The largest absolute Gasteiger partial charge is 0.309 e. The molecule has 0 aliphatic carbocycles. The van der Waals surface area contributed by atoms with Crippen LogP contribution in [0.25, 0.3) is 55.6 Å². The molecule has 0 amide bonds. The highest BCUT2D eigenvalue weighted by molar-refractivity contribution is 6.09. The molecule has 160 valence electrons. The zero-order valence-corrected chi connectivity index (χ0v) is 18.5. The third-order valence-electron chi connectivity index (χ3n) is 6.52. The predicted octanol–water partition coefficient (Wildman–Crippen LogP) is 7.79. The van der Waals surface area contributed by atoms with Crippen LogP contribution in [-0.4, -0.2) is 14.1 Å². The molecule has 3 nitrogen and oxygen atoms in total. The molecule has 0 saturated heterocycles. The van der Waals surface area contributed by atoms with E-state index in [0.717, 1.165) is 33.8 Å². The predicted molar refractivity (Wildman–Crippen MR) is 141 cm³/mol. The van der Waals surface area contributed by atoms with Gasteiger partial charge in [-0.05, 0) is 42.5 Å². The second-order valence-corrected chi connectivity index (χ2v) is 8.52. The van der Waals surface area contributed by atoms with Gasteiger partial charge in [0, 0.05) is 27.7 Å². The van der Waals surface area contributed by atoms with Gasteiger partial charge in [-0.25, -0.2) is 4.98 Å². The number of fused-ring (bicyclic) bond motifs is 4. The molecule has 5 aromatic carbocycles. The number of hydrogen-bond donors (Lipinski definition) is 0. The standard InChI is InChI=1S/C31H21N3/c1-3-11-22(12-4-1)31-32-27-21-24(19-20-30(27)34(31)23-13-5-2-6-14-23)33-28-17-9-7-15-25(28)26-16-8-10-18-29(26)33/h1-21H. The molecule has 2 aromatic heterocycles. The normalized spacial score (nSPS) is 11.5. The fourth-order valence-corrected chi connectivity index (χ4v) is 5.03. The van der Waals surface area contributed by atoms with E-state index >= 15 is 0 Å². The zero-order valence-electron chi connectivity index (χ0n) is 18.5. The molecule has 0 radical (unpaired) electrons. The van der Waals surface area contributed by atoms with Crippen molar-refractivity contribution in [2.45, 2.75) is 0 Å². The molecule has 0 fully saturated rings. The topological polar surface area (TPSA) is 22.8 Å². The molecule has 0 atom stereocenters. The fraction of sp³-hybridized carbons (Fsp3) is 0. The summed E-state index contributed by atoms with van der Waals surface area (Å²) in [4.78, 5) is 5.14. The van der Waals surface area contributed by atoms with Gasteiger partial charge in [-0.15, -0.1) is 0 Å². The Balaban J connectivity index is 1.53. The van der Waals surface area contributed by atoms with E-state index in [2.05, 4.69) is 124 Å². The van der Waals surface area contributed by atoms with Gasteiger partial charge < -0.3 is 4.57 Å². The van der Waals surface area contributed by atoms with Crippen LogP contribution in [0.15, 0.2) is 127 Å². The Bertz CT molecular complexity index is 1740. The van der Waals surface area contributed by atoms with Crippen LogP contribution in [0.1, 0.15) is 0 Å². The number of imidazole rings is 1. The van der Waals surface area contributed by atoms with E-state index in [1.54, 1.807) is 0 Å². The summed E-state index contributed by atoms with van der Waals surface area (Å²) >= 11 is 0. The van der Waals surface area contributed by atoms with Crippen molar-refractivity contribution in [1.29, 1.82) is 0 Å². The van der Waals surface area contributed by atoms with E-state index in [0.29, 0.717) is 0 Å². The number of para-hydroxylation sites is 3. The van der Waals surface area contributed by atoms with Crippen LogP contribution in [0.2, 0.25) is 0 Å². The molecular weight excluding hydrogens is 414 g/mol. The van der Waals surface area contributed by atoms with E-state index in [4.69, 9.17) is 4.98 Å². The molecular formula is C31H21N3. The third kappa shape index (κ3) is 2.81. The average molecular weight is 436 g/mol. The summed E-state index contributed by atoms with van der Waals surface area (Å²) in [5, 5.41) is 2.52. The number of nitrogens with zero attached hydrogens (tertiary/aromatic N) is 3. The maximum atomic E-state index is 5.14. The second kappa shape index (κ2) is 7.46. The second-order valence-electron chi connectivity index (χ2n) is 8.52. The zero-order chi connectivity index (χ0) is 22.5. The maximum Gasteiger partial charge on any atom is 0.145 e. The first-order chi connectivity index (χ1) is 16.9. The Morgan fingerprint density at radius 1 is 0.441 bits per heavy atom. The van der Waals surface area contributed by atoms with Gasteiger partial charge >= 0.3 is 0 Å². The maximum absolute atomic E-state index is 5.14. The van der Waals surface area contributed by atoms with E-state index in [9.17, 15) is 0 Å². The highest BCUT2D eigenvalue weighted by Crippen LogP contribution is 2.34. The Hall–Kier alpha value is -4.63. The lowest BCUT2D eigenvalue weighted by Crippen LogP contribution is -1.97. The number of rotatable bonds is 3. The molecule has 0 bridgehead atoms. The Kier molecular flexibility index (Phi) is 4.15. The van der Waals surface area contributed by atoms with Crippen molar-refractivity contribution in [3.05, 3.63) is 127 Å². The van der Waals surface area contributed by atoms with Gasteiger partial charge in [0.1, 0.15) is 5.82 Å². The van der Waals surface area contributed by atoms with Crippen molar-refractivity contribution in [2.75, 3.05) is 0 Å². The van der Waals surface area contributed by atoms with Crippen LogP contribution in [0.4, 0.5) is 0 Å². The molecule has 2 heterocycles. The van der Waals surface area contributed by atoms with E-state index in [1.807, 2.05) is 12.1 Å². The third-order valence-corrected chi connectivity index (χ3v) is 6.52. The fourth-order valence-electron chi connectivity index (χ4n) is 5.03. The minimum absolute atomic E-state index is 0.946. The van der Waals surface area contributed by atoms with Gasteiger partial charge in [0.2, 0.25) is 0 Å². The van der Waals surface area contributed by atoms with Crippen molar-refractivity contribution in [3.63, 3.8) is 0 Å². The van der Waals surface area contributed by atoms with Crippen molar-refractivity contribution in [3.8, 4) is 22.8 Å². The van der Waals surface area contributed by atoms with Crippen LogP contribution >= 0.6 is 0 Å². The quantitative estimate of drug-likeness (QED) is 0.278. The lowest BCUT2D eigenvalue weighted by Gasteiger charge is -2.10. The van der Waals surface area contributed by atoms with Crippen molar-refractivity contribution in [1.82, 2.24) is 14.1 Å². The van der Waals surface area contributed by atoms with Crippen LogP contribution < -0.4 is 0 Å². The van der Waals surface area contributed by atoms with E-state index < -0.39 is 0 Å². The summed E-state index contributed by atoms with van der Waals surface area (Å²) in [5.41, 5.74) is 7.79. The number of hydrogen-bond acceptors (Lipinski definition) is 1. The summed E-state index contributed by atoms with van der Waals surface area (Å²) < 4.78 is 4.59. The summed E-state index contributed by atoms with van der Waals surface area (Å²) in [6.07, 6.45) is 0. The smallest absolute Gasteiger partial charge is 0.145 e. The molecule has 0 saturated carbocycles. The molecule has 0 aliphatic rings. The first-order valence-electron chi connectivity index (χ1n) is 11.5. The van der Waals surface area contributed by atoms with Crippen molar-refractivity contribution in [2.24, 2.45) is 0 Å². The molecule has 0 spiro atoms. The highest BCUT2D eigenvalue weighted by Gasteiger charge is 2.17. The summed E-state index contributed by atoms with van der Waals surface area (Å²) in [5.74, 6) is 0.946. The van der Waals surface area contributed by atoms with Crippen molar-refractivity contribution >= 4 is 32.8 Å². The molecule has 34 heavy (non-hydrogen) atoms. The number of aromatic nitrogens is 3. The van der Waals surface area contributed by atoms with Crippen molar-refractivity contribution < 1.29 is 0 Å². The Labute approximate surface area is 197 Å². The summed E-state index contributed by atoms with van der Waals surface area (Å²) in [6, 6.07) is 44.7. The van der Waals surface area contributed by atoms with Crippen LogP contribution in [0.5, 0.6) is 0 Å². The minimum atomic E-state index is 0.946. The first-order valence-corrected chi connectivity index (χ1v) is 11.5. The molecule has 0 N–H and O–H groups in total. The molecule has 0 aliphatic heterocycles. The van der Waals surface area contributed by atoms with Gasteiger partial charge in [-0.1, -0.05) is 84.9 Å². The Morgan fingerprint density at radius 3 is 1.71 bits per heavy atom. The van der Waals surface area contributed by atoms with E-state index in [1.165, 1.54) is 21.8 Å². The van der Waals surface area contributed by atoms with E-state index in [-0.39, 0.29) is 0 Å². The van der Waals surface area contributed by atoms with Crippen LogP contribution in [-0.2, 0) is 0 Å². The minimum Gasteiger partial charge on any atom is -0.309 e. The molecule has 7 rings (SSSR count). The molecule has 3 heteroatoms.